The monoisotopic (exact) mass is 651 g/mol. The molecule has 0 unspecified atom stereocenters. The first-order valence-corrected chi connectivity index (χ1v) is 17.8. The Kier molecular flexibility index (Phi) is 5.12. The van der Waals surface area contributed by atoms with Gasteiger partial charge in [0, 0.05) is 47.5 Å². The second kappa shape index (κ2) is 9.63. The quantitative estimate of drug-likeness (QED) is 0.174. The fourth-order valence-corrected chi connectivity index (χ4v) is 9.83. The van der Waals surface area contributed by atoms with Gasteiger partial charge in [-0.3, -0.25) is 4.57 Å². The molecule has 0 radical (unpaired) electrons. The molecule has 4 heteroatoms. The molecule has 0 fully saturated rings. The van der Waals surface area contributed by atoms with E-state index in [2.05, 4.69) is 156 Å². The van der Waals surface area contributed by atoms with Crippen LogP contribution in [-0.2, 0) is 0 Å². The van der Waals surface area contributed by atoms with E-state index in [1.807, 2.05) is 11.3 Å². The Bertz CT molecular complexity index is 3260. The predicted octanol–water partition coefficient (Wildman–Crippen LogP) is 12.7. The van der Waals surface area contributed by atoms with Crippen LogP contribution in [0.5, 0.6) is 0 Å². The van der Waals surface area contributed by atoms with Crippen molar-refractivity contribution in [3.05, 3.63) is 152 Å². The maximum absolute atomic E-state index is 5.54. The molecule has 8 aromatic carbocycles. The summed E-state index contributed by atoms with van der Waals surface area (Å²) in [7, 11) is 0. The van der Waals surface area contributed by atoms with Gasteiger partial charge in [0.1, 0.15) is 0 Å². The van der Waals surface area contributed by atoms with Crippen molar-refractivity contribution >= 4 is 85.8 Å². The molecule has 0 saturated heterocycles. The summed E-state index contributed by atoms with van der Waals surface area (Å²) in [5, 5.41) is 11.1. The third kappa shape index (κ3) is 3.38. The maximum Gasteiger partial charge on any atom is 0.235 e. The Morgan fingerprint density at radius 1 is 0.440 bits per heavy atom. The molecule has 3 heterocycles. The molecule has 230 valence electrons. The SMILES string of the molecule is c1ccc(-c2nc(-n3c4cc5sc6ccccc6c5c5c4c4c6c(cccc6ccc43)-c3ccccc3-5)nc3ccc4ccccc4c23)cc1. The minimum atomic E-state index is 0.684. The van der Waals surface area contributed by atoms with Crippen LogP contribution in [0.3, 0.4) is 0 Å². The Labute approximate surface area is 290 Å². The second-order valence-corrected chi connectivity index (χ2v) is 14.4. The lowest BCUT2D eigenvalue weighted by molar-refractivity contribution is 1.02. The first-order chi connectivity index (χ1) is 24.8. The van der Waals surface area contributed by atoms with Crippen LogP contribution < -0.4 is 0 Å². The number of hydrogen-bond donors (Lipinski definition) is 0. The molecule has 50 heavy (non-hydrogen) atoms. The van der Waals surface area contributed by atoms with Crippen molar-refractivity contribution in [1.82, 2.24) is 14.5 Å². The standard InChI is InChI=1S/C46H25N3S/c1-2-12-28(13-3-1)45-40-29-15-5-4-11-26(29)21-23-34(40)47-46(48-45)49-35-24-22-27-14-10-19-31-30-16-6-7-17-32(30)42-41-33-18-8-9-20-37(33)50-38(41)25-36(49)44(42)43(35)39(27)31/h1-25H. The number of fused-ring (bicyclic) bond motifs is 10. The van der Waals surface area contributed by atoms with Crippen molar-refractivity contribution in [2.45, 2.75) is 0 Å². The van der Waals surface area contributed by atoms with Crippen molar-refractivity contribution in [2.75, 3.05) is 0 Å². The van der Waals surface area contributed by atoms with Crippen LogP contribution in [-0.4, -0.2) is 14.5 Å². The summed E-state index contributed by atoms with van der Waals surface area (Å²) in [4.78, 5) is 11.0. The molecular formula is C46H25N3S. The molecule has 0 N–H and O–H groups in total. The Balaban J connectivity index is 1.33. The minimum Gasteiger partial charge on any atom is -0.278 e. The van der Waals surface area contributed by atoms with Gasteiger partial charge in [-0.05, 0) is 62.5 Å². The van der Waals surface area contributed by atoms with E-state index in [-0.39, 0.29) is 0 Å². The van der Waals surface area contributed by atoms with Crippen molar-refractivity contribution < 1.29 is 0 Å². The van der Waals surface area contributed by atoms with Crippen molar-refractivity contribution in [3.8, 4) is 39.5 Å². The number of aromatic nitrogens is 3. The summed E-state index contributed by atoms with van der Waals surface area (Å²) < 4.78 is 4.90. The fraction of sp³-hybridized carbons (Fsp3) is 0. The highest BCUT2D eigenvalue weighted by Crippen LogP contribution is 2.54. The Hall–Kier alpha value is -6.36. The molecular weight excluding hydrogens is 627 g/mol. The van der Waals surface area contributed by atoms with Crippen LogP contribution in [0.25, 0.3) is 114 Å². The first-order valence-electron chi connectivity index (χ1n) is 17.0. The molecule has 3 aromatic heterocycles. The molecule has 0 saturated carbocycles. The molecule has 0 atom stereocenters. The Morgan fingerprint density at radius 2 is 1.18 bits per heavy atom. The van der Waals surface area contributed by atoms with Gasteiger partial charge in [0.2, 0.25) is 5.95 Å². The van der Waals surface area contributed by atoms with Gasteiger partial charge < -0.3 is 0 Å². The third-order valence-corrected chi connectivity index (χ3v) is 11.8. The molecule has 12 rings (SSSR count). The molecule has 3 nitrogen and oxygen atoms in total. The zero-order chi connectivity index (χ0) is 32.5. The lowest BCUT2D eigenvalue weighted by Crippen LogP contribution is -2.04. The van der Waals surface area contributed by atoms with E-state index in [0.717, 1.165) is 38.6 Å². The lowest BCUT2D eigenvalue weighted by atomic mass is 9.91. The van der Waals surface area contributed by atoms with Gasteiger partial charge in [0.05, 0.1) is 22.2 Å². The van der Waals surface area contributed by atoms with E-state index in [0.29, 0.717) is 5.95 Å². The van der Waals surface area contributed by atoms with Gasteiger partial charge in [-0.25, -0.2) is 9.97 Å². The third-order valence-electron chi connectivity index (χ3n) is 10.7. The normalized spacial score (nSPS) is 12.4. The summed E-state index contributed by atoms with van der Waals surface area (Å²) in [5.74, 6) is 0.684. The number of rotatable bonds is 2. The van der Waals surface area contributed by atoms with Crippen LogP contribution in [0.4, 0.5) is 0 Å². The molecule has 0 bridgehead atoms. The number of thiophene rings is 1. The number of hydrogen-bond acceptors (Lipinski definition) is 3. The highest BCUT2D eigenvalue weighted by Gasteiger charge is 2.29. The molecule has 1 aliphatic carbocycles. The molecule has 0 amide bonds. The molecule has 1 aliphatic rings. The van der Waals surface area contributed by atoms with Crippen molar-refractivity contribution in [1.29, 1.82) is 0 Å². The van der Waals surface area contributed by atoms with Crippen LogP contribution in [0.2, 0.25) is 0 Å². The topological polar surface area (TPSA) is 30.7 Å². The van der Waals surface area contributed by atoms with E-state index in [9.17, 15) is 0 Å². The van der Waals surface area contributed by atoms with Gasteiger partial charge in [-0.2, -0.15) is 0 Å². The highest BCUT2D eigenvalue weighted by atomic mass is 32.1. The first kappa shape index (κ1) is 26.6. The summed E-state index contributed by atoms with van der Waals surface area (Å²) in [6.07, 6.45) is 0. The van der Waals surface area contributed by atoms with Crippen molar-refractivity contribution in [2.24, 2.45) is 0 Å². The molecule has 0 aliphatic heterocycles. The largest absolute Gasteiger partial charge is 0.278 e. The van der Waals surface area contributed by atoms with Crippen LogP contribution in [0.1, 0.15) is 0 Å². The fourth-order valence-electron chi connectivity index (χ4n) is 8.68. The van der Waals surface area contributed by atoms with Crippen LogP contribution >= 0.6 is 11.3 Å². The second-order valence-electron chi connectivity index (χ2n) is 13.3. The van der Waals surface area contributed by atoms with Crippen molar-refractivity contribution in [3.63, 3.8) is 0 Å². The highest BCUT2D eigenvalue weighted by molar-refractivity contribution is 7.26. The zero-order valence-corrected chi connectivity index (χ0v) is 27.5. The average molecular weight is 652 g/mol. The van der Waals surface area contributed by atoms with Gasteiger partial charge in [-0.1, -0.05) is 127 Å². The summed E-state index contributed by atoms with van der Waals surface area (Å²) >= 11 is 1.87. The van der Waals surface area contributed by atoms with Gasteiger partial charge in [0.15, 0.2) is 0 Å². The van der Waals surface area contributed by atoms with E-state index >= 15 is 0 Å². The summed E-state index contributed by atoms with van der Waals surface area (Å²) in [5.41, 5.74) is 10.3. The molecule has 0 spiro atoms. The van der Waals surface area contributed by atoms with Gasteiger partial charge >= 0.3 is 0 Å². The van der Waals surface area contributed by atoms with E-state index < -0.39 is 0 Å². The van der Waals surface area contributed by atoms with Gasteiger partial charge in [-0.15, -0.1) is 11.3 Å². The van der Waals surface area contributed by atoms with Gasteiger partial charge in [0.25, 0.3) is 0 Å². The zero-order valence-electron chi connectivity index (χ0n) is 26.7. The van der Waals surface area contributed by atoms with E-state index in [4.69, 9.17) is 9.97 Å². The van der Waals surface area contributed by atoms with E-state index in [1.165, 1.54) is 69.4 Å². The molecule has 11 aromatic rings. The average Bonchev–Trinajstić information content (AvgIpc) is 3.68. The lowest BCUT2D eigenvalue weighted by Gasteiger charge is -2.16. The number of benzene rings is 8. The maximum atomic E-state index is 5.54. The van der Waals surface area contributed by atoms with Crippen LogP contribution in [0.15, 0.2) is 152 Å². The number of nitrogens with zero attached hydrogens (tertiary/aromatic N) is 3. The summed E-state index contributed by atoms with van der Waals surface area (Å²) in [6, 6.07) is 55.0. The minimum absolute atomic E-state index is 0.684. The van der Waals surface area contributed by atoms with Crippen LogP contribution in [0, 0.1) is 0 Å². The summed E-state index contributed by atoms with van der Waals surface area (Å²) in [6.45, 7) is 0. The van der Waals surface area contributed by atoms with E-state index in [1.54, 1.807) is 0 Å². The Morgan fingerprint density at radius 3 is 2.10 bits per heavy atom. The smallest absolute Gasteiger partial charge is 0.235 e. The predicted molar refractivity (Wildman–Crippen MR) is 212 cm³/mol.